The fourth-order valence-corrected chi connectivity index (χ4v) is 5.96. The molecule has 4 N–H and O–H groups in total. The molecule has 4 aromatic carbocycles. The summed E-state index contributed by atoms with van der Waals surface area (Å²) in [6.07, 6.45) is 1.41. The number of methoxy groups -OCH3 is 2. The maximum absolute atomic E-state index is 12.9. The van der Waals surface area contributed by atoms with Crippen LogP contribution in [0.15, 0.2) is 65.7 Å². The molecule has 3 atom stereocenters. The molecule has 0 spiro atoms. The van der Waals surface area contributed by atoms with Gasteiger partial charge in [-0.15, -0.1) is 0 Å². The summed E-state index contributed by atoms with van der Waals surface area (Å²) in [4.78, 5) is 32.3. The van der Waals surface area contributed by atoms with Crippen molar-refractivity contribution in [3.8, 4) is 11.8 Å². The molecule has 1 saturated heterocycles. The summed E-state index contributed by atoms with van der Waals surface area (Å²) in [5.41, 5.74) is 0.319. The Morgan fingerprint density at radius 2 is 1.89 bits per heavy atom. The van der Waals surface area contributed by atoms with E-state index in [2.05, 4.69) is 74.9 Å². The fraction of sp³-hybridized carbons (Fsp3) is 0.294. The third-order valence-electron chi connectivity index (χ3n) is 7.96. The Morgan fingerprint density at radius 3 is 2.68 bits per heavy atom. The molecule has 5 aromatic rings. The lowest BCUT2D eigenvalue weighted by atomic mass is 9.90. The van der Waals surface area contributed by atoms with E-state index in [9.17, 15) is 9.59 Å². The van der Waals surface area contributed by atoms with Gasteiger partial charge in [0.05, 0.1) is 25.5 Å². The lowest BCUT2D eigenvalue weighted by molar-refractivity contribution is -0.120. The maximum atomic E-state index is 12.9. The number of hydrogen-bond acceptors (Lipinski definition) is 8. The van der Waals surface area contributed by atoms with Crippen LogP contribution in [0.2, 0.25) is 0 Å². The molecule has 1 aromatic heterocycles. The molecule has 1 unspecified atom stereocenters. The van der Waals surface area contributed by atoms with Gasteiger partial charge in [0.15, 0.2) is 0 Å². The van der Waals surface area contributed by atoms with E-state index in [1.807, 2.05) is 12.1 Å². The van der Waals surface area contributed by atoms with Crippen LogP contribution in [0.5, 0.6) is 0 Å². The molecule has 0 radical (unpaired) electrons. The largest absolute Gasteiger partial charge is 0.382 e. The van der Waals surface area contributed by atoms with Crippen molar-refractivity contribution in [1.82, 2.24) is 15.3 Å². The molecule has 10 heteroatoms. The number of aromatic amines is 1. The van der Waals surface area contributed by atoms with Gasteiger partial charge in [-0.05, 0) is 49.9 Å². The minimum atomic E-state index is -0.488. The smallest absolute Gasteiger partial charge is 0.262 e. The minimum absolute atomic E-state index is 0.0190. The van der Waals surface area contributed by atoms with E-state index in [1.54, 1.807) is 14.2 Å². The highest BCUT2D eigenvalue weighted by Gasteiger charge is 2.36. The number of aromatic nitrogens is 2. The van der Waals surface area contributed by atoms with Gasteiger partial charge in [0.25, 0.3) is 5.56 Å². The van der Waals surface area contributed by atoms with Gasteiger partial charge in [-0.1, -0.05) is 54.5 Å². The molecular formula is C34H33N5O5. The molecule has 44 heavy (non-hydrogen) atoms. The van der Waals surface area contributed by atoms with Gasteiger partial charge >= 0.3 is 0 Å². The normalized spacial score (nSPS) is 18.0. The summed E-state index contributed by atoms with van der Waals surface area (Å²) in [6.45, 7) is 0.675. The van der Waals surface area contributed by atoms with Crippen molar-refractivity contribution < 1.29 is 19.0 Å². The second-order valence-electron chi connectivity index (χ2n) is 10.8. The average Bonchev–Trinajstić information content (AvgIpc) is 3.41. The molecule has 1 amide bonds. The highest BCUT2D eigenvalue weighted by atomic mass is 16.6. The number of carbonyl (C=O) groups is 1. The Bertz CT molecular complexity index is 1960. The molecule has 10 nitrogen and oxygen atoms in total. The van der Waals surface area contributed by atoms with Crippen molar-refractivity contribution in [3.05, 3.63) is 82.4 Å². The van der Waals surface area contributed by atoms with Gasteiger partial charge < -0.3 is 29.8 Å². The SMILES string of the molecule is COC[C@H]1O[C@@H](Nc2nc[nH]c(=O)c2C(=N)C#CCCNC(=O)Cc2cc3cccc4ccc5cccc2c5c43)CC1OC. The zero-order valence-corrected chi connectivity index (χ0v) is 24.5. The van der Waals surface area contributed by atoms with E-state index in [-0.39, 0.29) is 41.6 Å². The van der Waals surface area contributed by atoms with Crippen LogP contribution in [-0.2, 0) is 25.4 Å². The van der Waals surface area contributed by atoms with Gasteiger partial charge in [-0.25, -0.2) is 4.98 Å². The number of benzene rings is 4. The summed E-state index contributed by atoms with van der Waals surface area (Å²) in [6, 6.07) is 18.8. The minimum Gasteiger partial charge on any atom is -0.382 e. The topological polar surface area (TPSA) is 138 Å². The Hall–Kier alpha value is -4.82. The number of nitrogens with one attached hydrogen (secondary N) is 4. The highest BCUT2D eigenvalue weighted by molar-refractivity contribution is 6.24. The third kappa shape index (κ3) is 5.85. The van der Waals surface area contributed by atoms with Crippen LogP contribution in [0.25, 0.3) is 32.3 Å². The summed E-state index contributed by atoms with van der Waals surface area (Å²) in [5.74, 6) is 5.72. The number of nitrogens with zero attached hydrogens (tertiary/aromatic N) is 1. The number of amides is 1. The highest BCUT2D eigenvalue weighted by Crippen LogP contribution is 2.36. The molecule has 1 aliphatic heterocycles. The Labute approximate surface area is 254 Å². The van der Waals surface area contributed by atoms with E-state index in [0.717, 1.165) is 21.7 Å². The lowest BCUT2D eigenvalue weighted by Gasteiger charge is -2.16. The molecule has 0 saturated carbocycles. The van der Waals surface area contributed by atoms with Gasteiger partial charge in [-0.2, -0.15) is 0 Å². The summed E-state index contributed by atoms with van der Waals surface area (Å²) in [5, 5.41) is 21.4. The summed E-state index contributed by atoms with van der Waals surface area (Å²) < 4.78 is 16.7. The standard InChI is InChI=1S/C34H33N5O5/c1-42-18-27-26(43-2)17-29(44-27)39-33-32(34(41)38-19-37-33)25(35)11-3-4-14-36-28(40)16-23-15-22-9-5-7-20-12-13-21-8-6-10-24(23)31(21)30(20)22/h5-10,12-13,15,19,26-27,29,35H,4,14,16-18H2,1-2H3,(H,36,40)(H2,37,38,39,41)/t26?,27-,29-/m1/s1. The van der Waals surface area contributed by atoms with Crippen LogP contribution in [0, 0.1) is 17.3 Å². The van der Waals surface area contributed by atoms with E-state index in [0.29, 0.717) is 26.0 Å². The fourth-order valence-electron chi connectivity index (χ4n) is 5.96. The van der Waals surface area contributed by atoms with Crippen molar-refractivity contribution in [2.75, 3.05) is 32.7 Å². The number of anilines is 1. The second kappa shape index (κ2) is 12.8. The van der Waals surface area contributed by atoms with Crippen LogP contribution < -0.4 is 16.2 Å². The van der Waals surface area contributed by atoms with Crippen LogP contribution in [0.3, 0.4) is 0 Å². The van der Waals surface area contributed by atoms with E-state index in [4.69, 9.17) is 19.6 Å². The second-order valence-corrected chi connectivity index (χ2v) is 10.8. The van der Waals surface area contributed by atoms with Gasteiger partial charge in [0.2, 0.25) is 5.91 Å². The first-order valence-corrected chi connectivity index (χ1v) is 14.5. The predicted molar refractivity (Wildman–Crippen MR) is 171 cm³/mol. The Balaban J connectivity index is 1.08. The Kier molecular flexibility index (Phi) is 8.52. The molecule has 2 heterocycles. The first-order valence-electron chi connectivity index (χ1n) is 14.5. The monoisotopic (exact) mass is 591 g/mol. The molecule has 0 bridgehead atoms. The van der Waals surface area contributed by atoms with Crippen LogP contribution in [0.4, 0.5) is 5.82 Å². The number of rotatable bonds is 10. The molecule has 1 aliphatic rings. The van der Waals surface area contributed by atoms with E-state index >= 15 is 0 Å². The first kappa shape index (κ1) is 29.3. The molecule has 1 fully saturated rings. The zero-order valence-electron chi connectivity index (χ0n) is 24.5. The van der Waals surface area contributed by atoms with Crippen molar-refractivity contribution in [1.29, 1.82) is 5.41 Å². The number of H-pyrrole nitrogens is 1. The maximum Gasteiger partial charge on any atom is 0.262 e. The quantitative estimate of drug-likeness (QED) is 0.0834. The Morgan fingerprint density at radius 1 is 1.11 bits per heavy atom. The van der Waals surface area contributed by atoms with Gasteiger partial charge in [0, 0.05) is 33.6 Å². The average molecular weight is 592 g/mol. The van der Waals surface area contributed by atoms with Gasteiger partial charge in [0.1, 0.15) is 29.4 Å². The van der Waals surface area contributed by atoms with E-state index in [1.165, 1.54) is 22.5 Å². The zero-order chi connectivity index (χ0) is 30.6. The van der Waals surface area contributed by atoms with Crippen molar-refractivity contribution in [3.63, 3.8) is 0 Å². The van der Waals surface area contributed by atoms with Crippen LogP contribution in [0.1, 0.15) is 24.0 Å². The molecule has 6 rings (SSSR count). The molecule has 224 valence electrons. The number of carbonyl (C=O) groups excluding carboxylic acids is 1. The van der Waals surface area contributed by atoms with Crippen molar-refractivity contribution >= 4 is 49.8 Å². The molecular weight excluding hydrogens is 558 g/mol. The van der Waals surface area contributed by atoms with Crippen LogP contribution >= 0.6 is 0 Å². The summed E-state index contributed by atoms with van der Waals surface area (Å²) in [7, 11) is 3.20. The number of ether oxygens (including phenoxy) is 3. The number of hydrogen-bond donors (Lipinski definition) is 4. The van der Waals surface area contributed by atoms with Crippen molar-refractivity contribution in [2.24, 2.45) is 0 Å². The van der Waals surface area contributed by atoms with Gasteiger partial charge in [-0.3, -0.25) is 15.0 Å². The first-order chi connectivity index (χ1) is 21.5. The summed E-state index contributed by atoms with van der Waals surface area (Å²) >= 11 is 0. The van der Waals surface area contributed by atoms with Crippen molar-refractivity contribution in [2.45, 2.75) is 37.7 Å². The van der Waals surface area contributed by atoms with E-state index < -0.39 is 11.8 Å². The molecule has 0 aliphatic carbocycles. The lowest BCUT2D eigenvalue weighted by Crippen LogP contribution is -2.28. The van der Waals surface area contributed by atoms with Crippen LogP contribution in [-0.4, -0.2) is 67.4 Å². The predicted octanol–water partition coefficient (Wildman–Crippen LogP) is 3.98. The third-order valence-corrected chi connectivity index (χ3v) is 7.96.